The molecule has 0 saturated carbocycles. The second-order valence-corrected chi connectivity index (χ2v) is 14.4. The highest BCUT2D eigenvalue weighted by Crippen LogP contribution is 2.51. The van der Waals surface area contributed by atoms with Gasteiger partial charge in [-0.15, -0.1) is 0 Å². The SMILES string of the molecule is CC1(C)c2ccccc2-c2cc3c4ccccc4n(-c4cccc(C5NC(c6ccc(-c7ccccc7)cc6)[NH+]5c5ccccc5)c4)c3cc21. The van der Waals surface area contributed by atoms with E-state index in [0.29, 0.717) is 0 Å². The molecule has 0 spiro atoms. The molecule has 3 atom stereocenters. The first-order valence-corrected chi connectivity index (χ1v) is 17.7. The number of aromatic nitrogens is 1. The van der Waals surface area contributed by atoms with Crippen molar-refractivity contribution in [2.75, 3.05) is 0 Å². The molecule has 2 N–H and O–H groups in total. The summed E-state index contributed by atoms with van der Waals surface area (Å²) in [7, 11) is 0. The van der Waals surface area contributed by atoms with Crippen molar-refractivity contribution < 1.29 is 4.90 Å². The third-order valence-electron chi connectivity index (χ3n) is 11.3. The highest BCUT2D eigenvalue weighted by Gasteiger charge is 2.46. The van der Waals surface area contributed by atoms with Crippen molar-refractivity contribution in [1.82, 2.24) is 9.88 Å². The predicted molar refractivity (Wildman–Crippen MR) is 206 cm³/mol. The number of quaternary nitrogens is 1. The lowest BCUT2D eigenvalue weighted by molar-refractivity contribution is -0.962. The Labute approximate surface area is 293 Å². The van der Waals surface area contributed by atoms with Crippen LogP contribution in [-0.4, -0.2) is 4.57 Å². The van der Waals surface area contributed by atoms with Crippen LogP contribution < -0.4 is 10.2 Å². The molecular weight excluding hydrogens is 607 g/mol. The molecule has 0 amide bonds. The molecule has 3 unspecified atom stereocenters. The Balaban J connectivity index is 1.07. The molecule has 2 aliphatic rings. The molecule has 1 aliphatic carbocycles. The van der Waals surface area contributed by atoms with Gasteiger partial charge in [-0.1, -0.05) is 141 Å². The van der Waals surface area contributed by atoms with E-state index in [1.807, 2.05) is 0 Å². The van der Waals surface area contributed by atoms with Crippen LogP contribution in [-0.2, 0) is 5.41 Å². The lowest BCUT2D eigenvalue weighted by Gasteiger charge is -2.45. The van der Waals surface area contributed by atoms with Gasteiger partial charge in [-0.3, -0.25) is 4.90 Å². The lowest BCUT2D eigenvalue weighted by atomic mass is 9.82. The van der Waals surface area contributed by atoms with Gasteiger partial charge in [0.05, 0.1) is 11.0 Å². The Morgan fingerprint density at radius 1 is 0.500 bits per heavy atom. The average Bonchev–Trinajstić information content (AvgIpc) is 3.59. The van der Waals surface area contributed by atoms with Gasteiger partial charge in [-0.25, -0.2) is 5.32 Å². The minimum Gasteiger partial charge on any atom is -0.309 e. The molecule has 10 rings (SSSR count). The largest absolute Gasteiger partial charge is 0.309 e. The van der Waals surface area contributed by atoms with Gasteiger partial charge in [0, 0.05) is 33.0 Å². The molecule has 7 aromatic carbocycles. The molecule has 0 radical (unpaired) electrons. The Morgan fingerprint density at radius 2 is 1.18 bits per heavy atom. The molecule has 50 heavy (non-hydrogen) atoms. The van der Waals surface area contributed by atoms with E-state index >= 15 is 0 Å². The standard InChI is InChI=1S/C47H37N3/c1-47(2)41-22-11-9-20-37(41)39-29-40-38-21-10-12-23-43(38)49(44(40)30-42(39)47)36-19-13-16-34(28-36)46-48-45(50(46)35-17-7-4-8-18-35)33-26-24-32(25-27-33)31-14-5-3-6-15-31/h3-30,45-46,48H,1-2H3/p+1. The number of para-hydroxylation sites is 2. The summed E-state index contributed by atoms with van der Waals surface area (Å²) < 4.78 is 2.48. The Morgan fingerprint density at radius 3 is 2.00 bits per heavy atom. The summed E-state index contributed by atoms with van der Waals surface area (Å²) >= 11 is 0. The van der Waals surface area contributed by atoms with Crippen LogP contribution in [0.15, 0.2) is 170 Å². The molecule has 3 heteroatoms. The summed E-state index contributed by atoms with van der Waals surface area (Å²) in [4.78, 5) is 1.41. The maximum absolute atomic E-state index is 3.98. The van der Waals surface area contributed by atoms with Crippen LogP contribution >= 0.6 is 0 Å². The number of hydrogen-bond acceptors (Lipinski definition) is 1. The second kappa shape index (κ2) is 11.1. The van der Waals surface area contributed by atoms with Crippen LogP contribution in [0.5, 0.6) is 0 Å². The number of fused-ring (bicyclic) bond motifs is 6. The summed E-state index contributed by atoms with van der Waals surface area (Å²) in [6, 6.07) is 62.5. The van der Waals surface area contributed by atoms with Gasteiger partial charge < -0.3 is 4.57 Å². The van der Waals surface area contributed by atoms with Crippen molar-refractivity contribution in [3.8, 4) is 27.9 Å². The Bertz CT molecular complexity index is 2550. The number of nitrogens with zero attached hydrogens (tertiary/aromatic N) is 1. The minimum absolute atomic E-state index is 0.0625. The van der Waals surface area contributed by atoms with Crippen LogP contribution in [0.3, 0.4) is 0 Å². The molecular formula is C47H38N3+. The van der Waals surface area contributed by atoms with E-state index in [4.69, 9.17) is 0 Å². The fourth-order valence-electron chi connectivity index (χ4n) is 8.72. The van der Waals surface area contributed by atoms with Crippen molar-refractivity contribution >= 4 is 27.5 Å². The second-order valence-electron chi connectivity index (χ2n) is 14.4. The normalized spacial score (nSPS) is 18.9. The quantitative estimate of drug-likeness (QED) is 0.191. The first kappa shape index (κ1) is 29.2. The number of benzene rings is 7. The van der Waals surface area contributed by atoms with Gasteiger partial charge in [0.25, 0.3) is 0 Å². The van der Waals surface area contributed by atoms with E-state index in [-0.39, 0.29) is 17.7 Å². The van der Waals surface area contributed by atoms with Crippen molar-refractivity contribution in [3.05, 3.63) is 192 Å². The maximum Gasteiger partial charge on any atom is 0.178 e. The Hall–Kier alpha value is -5.74. The average molecular weight is 645 g/mol. The van der Waals surface area contributed by atoms with E-state index in [0.717, 1.165) is 0 Å². The van der Waals surface area contributed by atoms with Crippen molar-refractivity contribution in [3.63, 3.8) is 0 Å². The molecule has 3 nitrogen and oxygen atoms in total. The fourth-order valence-corrected chi connectivity index (χ4v) is 8.72. The summed E-state index contributed by atoms with van der Waals surface area (Å²) in [6.07, 6.45) is 0.262. The van der Waals surface area contributed by atoms with Gasteiger partial charge in [-0.05, 0) is 75.8 Å². The Kier molecular flexibility index (Phi) is 6.51. The third kappa shape index (κ3) is 4.37. The van der Waals surface area contributed by atoms with Gasteiger partial charge in [0.15, 0.2) is 12.3 Å². The molecule has 1 aliphatic heterocycles. The van der Waals surface area contributed by atoms with Crippen LogP contribution in [0.4, 0.5) is 5.69 Å². The topological polar surface area (TPSA) is 21.4 Å². The monoisotopic (exact) mass is 644 g/mol. The van der Waals surface area contributed by atoms with Gasteiger partial charge in [-0.2, -0.15) is 0 Å². The van der Waals surface area contributed by atoms with Crippen LogP contribution in [0.2, 0.25) is 0 Å². The molecule has 0 bridgehead atoms. The van der Waals surface area contributed by atoms with E-state index in [9.17, 15) is 0 Å². The zero-order chi connectivity index (χ0) is 33.4. The van der Waals surface area contributed by atoms with Crippen molar-refractivity contribution in [2.45, 2.75) is 31.6 Å². The lowest BCUT2D eigenvalue weighted by Crippen LogP contribution is -3.19. The van der Waals surface area contributed by atoms with E-state index in [1.54, 1.807) is 0 Å². The van der Waals surface area contributed by atoms with E-state index in [2.05, 4.69) is 194 Å². The predicted octanol–water partition coefficient (Wildman–Crippen LogP) is 10.3. The highest BCUT2D eigenvalue weighted by molar-refractivity contribution is 6.11. The molecule has 8 aromatic rings. The maximum atomic E-state index is 3.98. The van der Waals surface area contributed by atoms with Crippen molar-refractivity contribution in [1.29, 1.82) is 0 Å². The molecule has 1 aromatic heterocycles. The molecule has 2 heterocycles. The minimum atomic E-state index is -0.0625. The molecule has 240 valence electrons. The van der Waals surface area contributed by atoms with Crippen LogP contribution in [0.25, 0.3) is 49.7 Å². The van der Waals surface area contributed by atoms with Gasteiger partial charge in [0.2, 0.25) is 0 Å². The third-order valence-corrected chi connectivity index (χ3v) is 11.3. The summed E-state index contributed by atoms with van der Waals surface area (Å²) in [5, 5.41) is 6.56. The summed E-state index contributed by atoms with van der Waals surface area (Å²) in [5.74, 6) is 0. The van der Waals surface area contributed by atoms with Gasteiger partial charge in [0.1, 0.15) is 5.69 Å². The van der Waals surface area contributed by atoms with Crippen LogP contribution in [0.1, 0.15) is 48.4 Å². The molecule has 1 fully saturated rings. The first-order valence-electron chi connectivity index (χ1n) is 17.7. The fraction of sp³-hybridized carbons (Fsp3) is 0.106. The zero-order valence-electron chi connectivity index (χ0n) is 28.3. The number of nitrogens with one attached hydrogen (secondary N) is 2. The van der Waals surface area contributed by atoms with E-state index in [1.165, 1.54) is 82.6 Å². The van der Waals surface area contributed by atoms with Crippen LogP contribution in [0, 0.1) is 0 Å². The highest BCUT2D eigenvalue weighted by atomic mass is 15.5. The van der Waals surface area contributed by atoms with Crippen molar-refractivity contribution in [2.24, 2.45) is 0 Å². The summed E-state index contributed by atoms with van der Waals surface area (Å²) in [6.45, 7) is 4.73. The van der Waals surface area contributed by atoms with Gasteiger partial charge >= 0.3 is 0 Å². The first-order chi connectivity index (χ1) is 24.6. The molecule has 1 saturated heterocycles. The zero-order valence-corrected chi connectivity index (χ0v) is 28.3. The van der Waals surface area contributed by atoms with E-state index < -0.39 is 0 Å². The smallest absolute Gasteiger partial charge is 0.178 e. The number of hydrogen-bond donors (Lipinski definition) is 2. The number of rotatable bonds is 5. The summed E-state index contributed by atoms with van der Waals surface area (Å²) in [5.41, 5.74) is 15.5.